The van der Waals surface area contributed by atoms with E-state index in [1.165, 1.54) is 25.0 Å². The van der Waals surface area contributed by atoms with E-state index in [-0.39, 0.29) is 0 Å². The number of anilines is 1. The van der Waals surface area contributed by atoms with Crippen molar-refractivity contribution in [1.82, 2.24) is 19.8 Å². The minimum absolute atomic E-state index is 0.300. The van der Waals surface area contributed by atoms with E-state index < -0.39 is 0 Å². The van der Waals surface area contributed by atoms with E-state index in [0.29, 0.717) is 12.0 Å². The van der Waals surface area contributed by atoms with Crippen molar-refractivity contribution in [1.29, 1.82) is 0 Å². The summed E-state index contributed by atoms with van der Waals surface area (Å²) in [6, 6.07) is 2.44. The highest BCUT2D eigenvalue weighted by Crippen LogP contribution is 2.40. The van der Waals surface area contributed by atoms with Gasteiger partial charge in [0.05, 0.1) is 6.04 Å². The molecule has 1 aromatic heterocycles. The number of nitrogens with one attached hydrogen (secondary N) is 1. The lowest BCUT2D eigenvalue weighted by atomic mass is 10.2. The summed E-state index contributed by atoms with van der Waals surface area (Å²) in [7, 11) is 4.39. The Morgan fingerprint density at radius 1 is 1.24 bits per heavy atom. The fraction of sp³-hybridized carbons (Fsp3) is 0.750. The lowest BCUT2D eigenvalue weighted by Crippen LogP contribution is -2.32. The smallest absolute Gasteiger partial charge is 0.149 e. The minimum Gasteiger partial charge on any atom is -0.370 e. The number of rotatable bonds is 4. The topological polar surface area (TPSA) is 44.3 Å². The fourth-order valence-electron chi connectivity index (χ4n) is 3.04. The maximum atomic E-state index is 4.91. The molecule has 21 heavy (non-hydrogen) atoms. The molecule has 1 saturated carbocycles. The van der Waals surface area contributed by atoms with Crippen LogP contribution in [0.15, 0.2) is 6.07 Å². The van der Waals surface area contributed by atoms with Crippen molar-refractivity contribution in [3.63, 3.8) is 0 Å². The highest BCUT2D eigenvalue weighted by Gasteiger charge is 2.29. The van der Waals surface area contributed by atoms with Crippen LogP contribution in [0.1, 0.15) is 49.7 Å². The molecule has 2 heterocycles. The Morgan fingerprint density at radius 3 is 2.76 bits per heavy atom. The van der Waals surface area contributed by atoms with E-state index in [4.69, 9.17) is 9.97 Å². The van der Waals surface area contributed by atoms with E-state index in [9.17, 15) is 0 Å². The molecule has 1 saturated heterocycles. The van der Waals surface area contributed by atoms with Crippen molar-refractivity contribution in [2.75, 3.05) is 45.6 Å². The van der Waals surface area contributed by atoms with Gasteiger partial charge in [-0.2, -0.15) is 0 Å². The Hall–Kier alpha value is -1.20. The maximum Gasteiger partial charge on any atom is 0.149 e. The molecule has 0 bridgehead atoms. The molecule has 3 rings (SSSR count). The molecule has 1 aromatic rings. The Balaban J connectivity index is 1.90. The second-order valence-electron chi connectivity index (χ2n) is 6.45. The zero-order valence-electron chi connectivity index (χ0n) is 13.5. The molecule has 5 heteroatoms. The molecular weight excluding hydrogens is 262 g/mol. The fourth-order valence-corrected chi connectivity index (χ4v) is 3.04. The van der Waals surface area contributed by atoms with Crippen molar-refractivity contribution in [2.45, 2.75) is 38.1 Å². The normalized spacial score (nSPS) is 24.8. The minimum atomic E-state index is 0.300. The SMILES string of the molecule is CCNc1cc(C2CC2)nc(C2CN(C)CCCN2C)n1. The van der Waals surface area contributed by atoms with Gasteiger partial charge in [0.1, 0.15) is 11.6 Å². The highest BCUT2D eigenvalue weighted by atomic mass is 15.2. The summed E-state index contributed by atoms with van der Waals surface area (Å²) in [6.07, 6.45) is 3.77. The van der Waals surface area contributed by atoms with Crippen LogP contribution in [-0.2, 0) is 0 Å². The number of aromatic nitrogens is 2. The van der Waals surface area contributed by atoms with Gasteiger partial charge in [-0.3, -0.25) is 4.90 Å². The van der Waals surface area contributed by atoms with Gasteiger partial charge in [0, 0.05) is 30.8 Å². The van der Waals surface area contributed by atoms with E-state index >= 15 is 0 Å². The molecule has 1 atom stereocenters. The van der Waals surface area contributed by atoms with E-state index in [1.807, 2.05) is 0 Å². The van der Waals surface area contributed by atoms with Crippen LogP contribution in [0, 0.1) is 0 Å². The largest absolute Gasteiger partial charge is 0.370 e. The van der Waals surface area contributed by atoms with Crippen LogP contribution in [0.3, 0.4) is 0 Å². The molecule has 2 fully saturated rings. The summed E-state index contributed by atoms with van der Waals surface area (Å²) in [4.78, 5) is 14.5. The predicted molar refractivity (Wildman–Crippen MR) is 85.7 cm³/mol. The molecule has 2 aliphatic rings. The first kappa shape index (κ1) is 14.7. The second-order valence-corrected chi connectivity index (χ2v) is 6.45. The van der Waals surface area contributed by atoms with Gasteiger partial charge >= 0.3 is 0 Å². The molecule has 0 amide bonds. The molecular formula is C16H27N5. The average Bonchev–Trinajstić information content (AvgIpc) is 3.28. The third-order valence-electron chi connectivity index (χ3n) is 4.48. The molecule has 116 valence electrons. The summed E-state index contributed by atoms with van der Waals surface area (Å²) >= 11 is 0. The molecule has 1 aliphatic carbocycles. The van der Waals surface area contributed by atoms with Crippen molar-refractivity contribution in [3.05, 3.63) is 17.6 Å². The van der Waals surface area contributed by atoms with Crippen molar-refractivity contribution in [2.24, 2.45) is 0 Å². The number of hydrogen-bond acceptors (Lipinski definition) is 5. The highest BCUT2D eigenvalue weighted by molar-refractivity contribution is 5.38. The third kappa shape index (κ3) is 3.52. The standard InChI is InChI=1S/C16H27N5/c1-4-17-15-10-13(12-6-7-12)18-16(19-15)14-11-20(2)8-5-9-21(14)3/h10,12,14H,4-9,11H2,1-3H3,(H,17,18,19). The zero-order valence-corrected chi connectivity index (χ0v) is 13.5. The van der Waals surface area contributed by atoms with Gasteiger partial charge in [-0.15, -0.1) is 0 Å². The lowest BCUT2D eigenvalue weighted by molar-refractivity contribution is 0.219. The van der Waals surface area contributed by atoms with Gasteiger partial charge in [-0.05, 0) is 53.4 Å². The second kappa shape index (κ2) is 6.28. The number of hydrogen-bond donors (Lipinski definition) is 1. The van der Waals surface area contributed by atoms with Crippen LogP contribution < -0.4 is 5.32 Å². The first-order chi connectivity index (χ1) is 10.2. The van der Waals surface area contributed by atoms with Crippen LogP contribution in [0.5, 0.6) is 0 Å². The van der Waals surface area contributed by atoms with Gasteiger partial charge < -0.3 is 10.2 Å². The van der Waals surface area contributed by atoms with Crippen molar-refractivity contribution < 1.29 is 0 Å². The van der Waals surface area contributed by atoms with E-state index in [0.717, 1.165) is 37.8 Å². The van der Waals surface area contributed by atoms with Crippen LogP contribution in [0.25, 0.3) is 0 Å². The Morgan fingerprint density at radius 2 is 2.05 bits per heavy atom. The monoisotopic (exact) mass is 289 g/mol. The van der Waals surface area contributed by atoms with Gasteiger partial charge in [-0.1, -0.05) is 0 Å². The first-order valence-corrected chi connectivity index (χ1v) is 8.19. The van der Waals surface area contributed by atoms with Crippen LogP contribution >= 0.6 is 0 Å². The molecule has 1 aliphatic heterocycles. The molecule has 0 spiro atoms. The van der Waals surface area contributed by atoms with Crippen LogP contribution in [-0.4, -0.2) is 60.0 Å². The molecule has 1 N–H and O–H groups in total. The van der Waals surface area contributed by atoms with E-state index in [2.05, 4.69) is 42.2 Å². The van der Waals surface area contributed by atoms with Crippen molar-refractivity contribution in [3.8, 4) is 0 Å². The first-order valence-electron chi connectivity index (χ1n) is 8.19. The zero-order chi connectivity index (χ0) is 14.8. The van der Waals surface area contributed by atoms with Gasteiger partial charge in [0.15, 0.2) is 0 Å². The summed E-state index contributed by atoms with van der Waals surface area (Å²) in [6.45, 7) is 6.30. The third-order valence-corrected chi connectivity index (χ3v) is 4.48. The summed E-state index contributed by atoms with van der Waals surface area (Å²) < 4.78 is 0. The Bertz CT molecular complexity index is 486. The van der Waals surface area contributed by atoms with Crippen LogP contribution in [0.2, 0.25) is 0 Å². The summed E-state index contributed by atoms with van der Waals surface area (Å²) in [5, 5.41) is 3.37. The Labute approximate surface area is 127 Å². The lowest BCUT2D eigenvalue weighted by Gasteiger charge is -2.26. The maximum absolute atomic E-state index is 4.91. The van der Waals surface area contributed by atoms with E-state index in [1.54, 1.807) is 0 Å². The summed E-state index contributed by atoms with van der Waals surface area (Å²) in [5.41, 5.74) is 1.23. The number of nitrogens with zero attached hydrogens (tertiary/aromatic N) is 4. The van der Waals surface area contributed by atoms with Crippen LogP contribution in [0.4, 0.5) is 5.82 Å². The van der Waals surface area contributed by atoms with Gasteiger partial charge in [0.25, 0.3) is 0 Å². The quantitative estimate of drug-likeness (QED) is 0.919. The van der Waals surface area contributed by atoms with Gasteiger partial charge in [-0.25, -0.2) is 9.97 Å². The molecule has 5 nitrogen and oxygen atoms in total. The van der Waals surface area contributed by atoms with Gasteiger partial charge in [0.2, 0.25) is 0 Å². The predicted octanol–water partition coefficient (Wildman–Crippen LogP) is 2.09. The molecule has 0 radical (unpaired) electrons. The number of likely N-dealkylation sites (N-methyl/N-ethyl adjacent to an activating group) is 2. The van der Waals surface area contributed by atoms with Crippen molar-refractivity contribution >= 4 is 5.82 Å². The Kier molecular flexibility index (Phi) is 4.40. The average molecular weight is 289 g/mol. The summed E-state index contributed by atoms with van der Waals surface area (Å²) in [5.74, 6) is 2.65. The molecule has 1 unspecified atom stereocenters. The molecule has 0 aromatic carbocycles.